The van der Waals surface area contributed by atoms with Gasteiger partial charge in [0.2, 0.25) is 0 Å². The van der Waals surface area contributed by atoms with Gasteiger partial charge in [0, 0.05) is 27.0 Å². The van der Waals surface area contributed by atoms with Gasteiger partial charge in [-0.05, 0) is 141 Å². The quantitative estimate of drug-likeness (QED) is 0.142. The fourth-order valence-corrected chi connectivity index (χ4v) is 19.2. The van der Waals surface area contributed by atoms with Gasteiger partial charge in [-0.2, -0.15) is 0 Å². The molecule has 0 N–H and O–H groups in total. The molecule has 0 fully saturated rings. The van der Waals surface area contributed by atoms with Crippen LogP contribution in [-0.2, 0) is 15.4 Å². The molecule has 0 amide bonds. The SMILES string of the molecule is O=P(c1ccccc1)(c1ccccc1)c1cccc(-c2ccc3c(c2)-c2ccccc2C32c3ccccc3-c3c(-c4cccc5c4-c4ccc(-c6ccc(-c7nnc(-c8ccccc8)s7)cc6)cc4C54c5ccccc5-c5ccccc54)cccc32)c1. The maximum absolute atomic E-state index is 15.7. The van der Waals surface area contributed by atoms with Crippen molar-refractivity contribution < 1.29 is 4.57 Å². The molecule has 1 atom stereocenters. The highest BCUT2D eigenvalue weighted by molar-refractivity contribution is 7.85. The van der Waals surface area contributed by atoms with Gasteiger partial charge in [-0.3, -0.25) is 0 Å². The zero-order chi connectivity index (χ0) is 57.4. The molecular weight excluding hydrogens is 1090 g/mol. The number of hydrogen-bond acceptors (Lipinski definition) is 4. The fraction of sp³-hybridized carbons (Fsp3) is 0.0244. The summed E-state index contributed by atoms with van der Waals surface area (Å²) in [7, 11) is -3.21. The van der Waals surface area contributed by atoms with Crippen LogP contribution in [0.4, 0.5) is 0 Å². The molecule has 4 aliphatic carbocycles. The van der Waals surface area contributed by atoms with Crippen molar-refractivity contribution in [3.63, 3.8) is 0 Å². The first-order chi connectivity index (χ1) is 43.0. The maximum atomic E-state index is 15.7. The summed E-state index contributed by atoms with van der Waals surface area (Å²) >= 11 is 1.62. The second-order valence-electron chi connectivity index (χ2n) is 23.3. The van der Waals surface area contributed by atoms with Crippen LogP contribution < -0.4 is 15.9 Å². The molecule has 2 spiro atoms. The van der Waals surface area contributed by atoms with Gasteiger partial charge in [-0.25, -0.2) is 0 Å². The zero-order valence-electron chi connectivity index (χ0n) is 47.1. The third kappa shape index (κ3) is 6.97. The molecule has 14 aromatic rings. The maximum Gasteiger partial charge on any atom is 0.171 e. The lowest BCUT2D eigenvalue weighted by Gasteiger charge is -2.31. The van der Waals surface area contributed by atoms with E-state index in [9.17, 15) is 0 Å². The van der Waals surface area contributed by atoms with E-state index in [1.54, 1.807) is 11.3 Å². The molecule has 0 saturated carbocycles. The van der Waals surface area contributed by atoms with E-state index in [0.29, 0.717) is 0 Å². The van der Waals surface area contributed by atoms with E-state index in [0.717, 1.165) is 53.7 Å². The third-order valence-corrected chi connectivity index (χ3v) is 23.3. The molecule has 1 heterocycles. The zero-order valence-corrected chi connectivity index (χ0v) is 48.8. The summed E-state index contributed by atoms with van der Waals surface area (Å²) in [5.41, 5.74) is 28.3. The molecule has 1 unspecified atom stereocenters. The van der Waals surface area contributed by atoms with E-state index in [1.807, 2.05) is 84.9 Å². The lowest BCUT2D eigenvalue weighted by molar-refractivity contribution is 0.592. The Morgan fingerprint density at radius 2 is 0.598 bits per heavy atom. The average Bonchev–Trinajstić information content (AvgIpc) is 1.60. The summed E-state index contributed by atoms with van der Waals surface area (Å²) in [6.07, 6.45) is 0. The van der Waals surface area contributed by atoms with Crippen molar-refractivity contribution >= 4 is 34.4 Å². The highest BCUT2D eigenvalue weighted by atomic mass is 32.1. The second-order valence-corrected chi connectivity index (χ2v) is 27.1. The van der Waals surface area contributed by atoms with Gasteiger partial charge in [0.15, 0.2) is 7.14 Å². The van der Waals surface area contributed by atoms with Crippen molar-refractivity contribution in [1.82, 2.24) is 10.2 Å². The van der Waals surface area contributed by atoms with Gasteiger partial charge in [0.25, 0.3) is 0 Å². The van der Waals surface area contributed by atoms with Crippen LogP contribution >= 0.6 is 18.5 Å². The van der Waals surface area contributed by atoms with Crippen molar-refractivity contribution in [3.05, 3.63) is 354 Å². The van der Waals surface area contributed by atoms with Gasteiger partial charge < -0.3 is 4.57 Å². The lowest BCUT2D eigenvalue weighted by atomic mass is 9.69. The average molecular weight is 1140 g/mol. The molecule has 87 heavy (non-hydrogen) atoms. The molecule has 13 aromatic carbocycles. The highest BCUT2D eigenvalue weighted by Gasteiger charge is 2.55. The molecule has 1 aromatic heterocycles. The summed E-state index contributed by atoms with van der Waals surface area (Å²) in [4.78, 5) is 0. The van der Waals surface area contributed by atoms with Gasteiger partial charge >= 0.3 is 0 Å². The van der Waals surface area contributed by atoms with E-state index in [1.165, 1.54) is 106 Å². The Balaban J connectivity index is 0.804. The molecule has 406 valence electrons. The van der Waals surface area contributed by atoms with Crippen LogP contribution in [0.5, 0.6) is 0 Å². The highest BCUT2D eigenvalue weighted by Crippen LogP contribution is 2.68. The first kappa shape index (κ1) is 50.0. The van der Waals surface area contributed by atoms with Crippen molar-refractivity contribution in [3.8, 4) is 99.0 Å². The van der Waals surface area contributed by atoms with Crippen LogP contribution in [0.25, 0.3) is 99.0 Å². The molecule has 0 saturated heterocycles. The van der Waals surface area contributed by atoms with Crippen molar-refractivity contribution in [2.75, 3.05) is 0 Å². The largest absolute Gasteiger partial charge is 0.309 e. The van der Waals surface area contributed by atoms with E-state index in [-0.39, 0.29) is 0 Å². The Morgan fingerprint density at radius 1 is 0.241 bits per heavy atom. The van der Waals surface area contributed by atoms with Gasteiger partial charge in [0.05, 0.1) is 10.8 Å². The number of aromatic nitrogens is 2. The molecule has 0 bridgehead atoms. The predicted octanol–water partition coefficient (Wildman–Crippen LogP) is 19.2. The van der Waals surface area contributed by atoms with Crippen LogP contribution in [0.15, 0.2) is 309 Å². The minimum atomic E-state index is -3.21. The summed E-state index contributed by atoms with van der Waals surface area (Å²) in [5.74, 6) is 0. The molecule has 5 heteroatoms. The van der Waals surface area contributed by atoms with Crippen LogP contribution in [-0.4, -0.2) is 10.2 Å². The molecule has 0 radical (unpaired) electrons. The Kier molecular flexibility index (Phi) is 11.0. The predicted molar refractivity (Wildman–Crippen MR) is 359 cm³/mol. The van der Waals surface area contributed by atoms with Gasteiger partial charge in [-0.15, -0.1) is 10.2 Å². The summed E-state index contributed by atoms with van der Waals surface area (Å²) in [5, 5.41) is 13.5. The topological polar surface area (TPSA) is 42.9 Å². The standard InChI is InChI=1S/C82H51N2OPS/c85-86(58-24-6-2-7-25-58,59-26-8-3-9-27-59)60-28-18-23-55(49-60)56-46-48-73-68(50-56)63-31-12-16-37-71(63)81(73)72-38-17-13-32-66(72)77-64(33-19-39-74(77)81)65-34-20-40-75-78(65)67-47-45-57(51-76(67)82(75)69-35-14-10-29-61(69)62-30-11-15-36-70(62)82)52-41-43-54(44-42-52)80-84-83-79(87-80)53-21-4-1-5-22-53/h1-51H. The number of rotatable bonds is 8. The minimum absolute atomic E-state index is 0.568. The van der Waals surface area contributed by atoms with E-state index >= 15 is 4.57 Å². The summed E-state index contributed by atoms with van der Waals surface area (Å²) in [6, 6.07) is 113. The summed E-state index contributed by atoms with van der Waals surface area (Å²) in [6.45, 7) is 0. The first-order valence-corrected chi connectivity index (χ1v) is 32.3. The number of nitrogens with zero attached hydrogens (tertiary/aromatic N) is 2. The van der Waals surface area contributed by atoms with Gasteiger partial charge in [-0.1, -0.05) is 303 Å². The minimum Gasteiger partial charge on any atom is -0.309 e. The Hall–Kier alpha value is -10.4. The van der Waals surface area contributed by atoms with Gasteiger partial charge in [0.1, 0.15) is 10.0 Å². The fourth-order valence-electron chi connectivity index (χ4n) is 15.6. The van der Waals surface area contributed by atoms with E-state index in [4.69, 9.17) is 0 Å². The van der Waals surface area contributed by atoms with Crippen LogP contribution in [0.1, 0.15) is 44.5 Å². The number of benzene rings is 13. The summed E-state index contributed by atoms with van der Waals surface area (Å²) < 4.78 is 15.7. The normalized spacial score (nSPS) is 14.9. The van der Waals surface area contributed by atoms with Crippen molar-refractivity contribution in [2.45, 2.75) is 10.8 Å². The van der Waals surface area contributed by atoms with E-state index < -0.39 is 18.0 Å². The molecule has 0 aliphatic heterocycles. The first-order valence-electron chi connectivity index (χ1n) is 29.8. The van der Waals surface area contributed by atoms with Crippen LogP contribution in [0.3, 0.4) is 0 Å². The molecule has 3 nitrogen and oxygen atoms in total. The van der Waals surface area contributed by atoms with Crippen LogP contribution in [0, 0.1) is 0 Å². The third-order valence-electron chi connectivity index (χ3n) is 19.2. The smallest absolute Gasteiger partial charge is 0.171 e. The van der Waals surface area contributed by atoms with E-state index in [2.05, 4.69) is 235 Å². The Labute approximate surface area is 509 Å². The Bertz CT molecular complexity index is 5120. The number of hydrogen-bond donors (Lipinski definition) is 0. The second kappa shape index (κ2) is 19.1. The molecular formula is C82H51N2OPS. The lowest BCUT2D eigenvalue weighted by Crippen LogP contribution is -2.26. The molecule has 4 aliphatic rings. The monoisotopic (exact) mass is 1140 g/mol. The van der Waals surface area contributed by atoms with Crippen molar-refractivity contribution in [2.24, 2.45) is 0 Å². The molecule has 18 rings (SSSR count). The Morgan fingerprint density at radius 3 is 1.18 bits per heavy atom. The number of fused-ring (bicyclic) bond motifs is 20. The van der Waals surface area contributed by atoms with Crippen molar-refractivity contribution in [1.29, 1.82) is 0 Å². The van der Waals surface area contributed by atoms with Crippen LogP contribution in [0.2, 0.25) is 0 Å².